The van der Waals surface area contributed by atoms with E-state index >= 15 is 0 Å². The topological polar surface area (TPSA) is 61.8 Å². The van der Waals surface area contributed by atoms with E-state index in [1.54, 1.807) is 12.1 Å². The smallest absolute Gasteiger partial charge is 0.408 e. The lowest BCUT2D eigenvalue weighted by Crippen LogP contribution is -2.52. The number of hydrogen-bond donors (Lipinski definition) is 0. The molecule has 0 saturated heterocycles. The molecule has 5 nitrogen and oxygen atoms in total. The minimum atomic E-state index is -5.78. The van der Waals surface area contributed by atoms with Crippen LogP contribution in [0.3, 0.4) is 0 Å². The standard InChI is InChI=1S/C29H39F3O5SSi/c1-27(2,3)39(4,5)37-28(19-12-11-16-25(28)22-35-21-23-13-7-6-8-14-23)20-18-24-15-9-10-17-26(24)36-38(33,34)29(30,31)32/h6-10,13-17H,11-12,18-22H2,1-5H3. The molecular formula is C29H39F3O5SSi. The monoisotopic (exact) mass is 584 g/mol. The summed E-state index contributed by atoms with van der Waals surface area (Å²) in [5.41, 5.74) is -3.74. The van der Waals surface area contributed by atoms with Gasteiger partial charge in [-0.05, 0) is 73.0 Å². The Morgan fingerprint density at radius 3 is 2.23 bits per heavy atom. The molecule has 0 aliphatic heterocycles. The molecular weight excluding hydrogens is 545 g/mol. The fourth-order valence-electron chi connectivity index (χ4n) is 4.44. The third kappa shape index (κ3) is 7.96. The van der Waals surface area contributed by atoms with E-state index in [2.05, 4.69) is 44.1 Å². The number of ether oxygens (including phenoxy) is 1. The van der Waals surface area contributed by atoms with Gasteiger partial charge in [-0.15, -0.1) is 0 Å². The number of rotatable bonds is 11. The first kappa shape index (κ1) is 31.4. The van der Waals surface area contributed by atoms with Crippen LogP contribution in [0, 0.1) is 0 Å². The van der Waals surface area contributed by atoms with E-state index in [9.17, 15) is 21.6 Å². The van der Waals surface area contributed by atoms with Gasteiger partial charge in [0.15, 0.2) is 8.32 Å². The van der Waals surface area contributed by atoms with Crippen LogP contribution in [0.15, 0.2) is 66.2 Å². The van der Waals surface area contributed by atoms with Gasteiger partial charge in [0.25, 0.3) is 0 Å². The van der Waals surface area contributed by atoms with Crippen LogP contribution in [0.1, 0.15) is 57.6 Å². The molecule has 1 aliphatic rings. The van der Waals surface area contributed by atoms with Gasteiger partial charge in [0.2, 0.25) is 0 Å². The molecule has 0 fully saturated rings. The lowest BCUT2D eigenvalue weighted by atomic mass is 9.79. The number of hydrogen-bond acceptors (Lipinski definition) is 5. The second-order valence-corrected chi connectivity index (χ2v) is 17.8. The van der Waals surface area contributed by atoms with Crippen molar-refractivity contribution in [3.63, 3.8) is 0 Å². The number of benzene rings is 2. The molecule has 216 valence electrons. The largest absolute Gasteiger partial charge is 0.534 e. The minimum Gasteiger partial charge on any atom is -0.408 e. The first-order valence-corrected chi connectivity index (χ1v) is 17.5. The molecule has 1 atom stereocenters. The van der Waals surface area contributed by atoms with Crippen LogP contribution in [0.5, 0.6) is 5.75 Å². The predicted molar refractivity (Wildman–Crippen MR) is 149 cm³/mol. The molecule has 2 aromatic carbocycles. The van der Waals surface area contributed by atoms with Gasteiger partial charge in [0.1, 0.15) is 5.75 Å². The Hall–Kier alpha value is -2.14. The first-order chi connectivity index (χ1) is 18.1. The summed E-state index contributed by atoms with van der Waals surface area (Å²) in [5, 5.41) is -0.0741. The predicted octanol–water partition coefficient (Wildman–Crippen LogP) is 7.94. The number of allylic oxidation sites excluding steroid dienone is 1. The molecule has 1 aliphatic carbocycles. The average Bonchev–Trinajstić information content (AvgIpc) is 2.83. The van der Waals surface area contributed by atoms with Gasteiger partial charge in [-0.2, -0.15) is 21.6 Å². The van der Waals surface area contributed by atoms with Crippen molar-refractivity contribution in [1.29, 1.82) is 0 Å². The summed E-state index contributed by atoms with van der Waals surface area (Å²) in [6.07, 6.45) is 5.41. The number of aryl methyl sites for hydroxylation is 1. The normalized spacial score (nSPS) is 19.0. The highest BCUT2D eigenvalue weighted by Gasteiger charge is 2.49. The zero-order valence-corrected chi connectivity index (χ0v) is 25.1. The maximum Gasteiger partial charge on any atom is 0.534 e. The summed E-state index contributed by atoms with van der Waals surface area (Å²) in [4.78, 5) is 0. The molecule has 0 radical (unpaired) electrons. The molecule has 1 unspecified atom stereocenters. The van der Waals surface area contributed by atoms with E-state index in [0.717, 1.165) is 30.4 Å². The molecule has 39 heavy (non-hydrogen) atoms. The van der Waals surface area contributed by atoms with Crippen molar-refractivity contribution < 1.29 is 34.9 Å². The average molecular weight is 585 g/mol. The zero-order valence-electron chi connectivity index (χ0n) is 23.3. The summed E-state index contributed by atoms with van der Waals surface area (Å²) in [6.45, 7) is 11.7. The maximum atomic E-state index is 13.0. The lowest BCUT2D eigenvalue weighted by Gasteiger charge is -2.48. The van der Waals surface area contributed by atoms with Crippen molar-refractivity contribution in [2.45, 2.75) is 88.7 Å². The highest BCUT2D eigenvalue weighted by Crippen LogP contribution is 2.46. The molecule has 0 amide bonds. The van der Waals surface area contributed by atoms with Crippen molar-refractivity contribution in [2.24, 2.45) is 0 Å². The molecule has 0 saturated carbocycles. The Kier molecular flexibility index (Phi) is 9.79. The van der Waals surface area contributed by atoms with Crippen LogP contribution in [0.4, 0.5) is 13.2 Å². The Morgan fingerprint density at radius 1 is 0.949 bits per heavy atom. The number of para-hydroxylation sites is 1. The summed E-state index contributed by atoms with van der Waals surface area (Å²) in [7, 11) is -8.08. The molecule has 0 heterocycles. The van der Waals surface area contributed by atoms with Gasteiger partial charge >= 0.3 is 15.6 Å². The van der Waals surface area contributed by atoms with Crippen molar-refractivity contribution >= 4 is 18.4 Å². The van der Waals surface area contributed by atoms with E-state index in [1.165, 1.54) is 12.1 Å². The van der Waals surface area contributed by atoms with E-state index in [0.29, 0.717) is 25.2 Å². The molecule has 0 aromatic heterocycles. The maximum absolute atomic E-state index is 13.0. The Labute approximate surface area is 231 Å². The fourth-order valence-corrected chi connectivity index (χ4v) is 6.55. The van der Waals surface area contributed by atoms with E-state index < -0.39 is 29.5 Å². The third-order valence-corrected chi connectivity index (χ3v) is 13.1. The van der Waals surface area contributed by atoms with Gasteiger partial charge in [-0.1, -0.05) is 75.4 Å². The summed E-state index contributed by atoms with van der Waals surface area (Å²) >= 11 is 0. The van der Waals surface area contributed by atoms with Crippen LogP contribution in [-0.2, 0) is 32.3 Å². The van der Waals surface area contributed by atoms with Crippen LogP contribution in [-0.4, -0.2) is 34.5 Å². The Bertz CT molecular complexity index is 1240. The molecule has 0 N–H and O–H groups in total. The lowest BCUT2D eigenvalue weighted by molar-refractivity contribution is -0.0500. The fraction of sp³-hybridized carbons (Fsp3) is 0.517. The van der Waals surface area contributed by atoms with Gasteiger partial charge in [-0.25, -0.2) is 0 Å². The Balaban J connectivity index is 1.90. The van der Waals surface area contributed by atoms with E-state index in [4.69, 9.17) is 9.16 Å². The van der Waals surface area contributed by atoms with Crippen molar-refractivity contribution in [1.82, 2.24) is 0 Å². The SMILES string of the molecule is CC(C)(C)[Si](C)(C)OC1(CCc2ccccc2OS(=O)(=O)C(F)(F)F)CCCC=C1COCc1ccccc1. The molecule has 0 spiro atoms. The van der Waals surface area contributed by atoms with Gasteiger partial charge in [0.05, 0.1) is 18.8 Å². The third-order valence-electron chi connectivity index (χ3n) is 7.64. The van der Waals surface area contributed by atoms with Crippen molar-refractivity contribution in [3.8, 4) is 5.75 Å². The summed E-state index contributed by atoms with van der Waals surface area (Å²) in [6, 6.07) is 15.8. The first-order valence-electron chi connectivity index (χ1n) is 13.2. The second-order valence-electron chi connectivity index (χ2n) is 11.5. The minimum absolute atomic E-state index is 0.0741. The highest BCUT2D eigenvalue weighted by atomic mass is 32.2. The van der Waals surface area contributed by atoms with E-state index in [1.807, 2.05) is 30.3 Å². The molecule has 10 heteroatoms. The van der Waals surface area contributed by atoms with Crippen LogP contribution in [0.2, 0.25) is 18.1 Å². The van der Waals surface area contributed by atoms with Gasteiger partial charge < -0.3 is 13.3 Å². The summed E-state index contributed by atoms with van der Waals surface area (Å²) in [5.74, 6) is -0.320. The summed E-state index contributed by atoms with van der Waals surface area (Å²) < 4.78 is 80.3. The van der Waals surface area contributed by atoms with Crippen LogP contribution in [0.25, 0.3) is 0 Å². The highest BCUT2D eigenvalue weighted by molar-refractivity contribution is 7.88. The van der Waals surface area contributed by atoms with Gasteiger partial charge in [0, 0.05) is 0 Å². The molecule has 3 rings (SSSR count). The second kappa shape index (κ2) is 12.2. The van der Waals surface area contributed by atoms with Crippen molar-refractivity contribution in [3.05, 3.63) is 77.4 Å². The quantitative estimate of drug-likeness (QED) is 0.116. The van der Waals surface area contributed by atoms with Crippen LogP contribution < -0.4 is 4.18 Å². The van der Waals surface area contributed by atoms with Gasteiger partial charge in [-0.3, -0.25) is 0 Å². The Morgan fingerprint density at radius 2 is 1.59 bits per heavy atom. The number of halogens is 3. The zero-order chi connectivity index (χ0) is 29.0. The van der Waals surface area contributed by atoms with Crippen molar-refractivity contribution in [2.75, 3.05) is 6.61 Å². The van der Waals surface area contributed by atoms with E-state index in [-0.39, 0.29) is 17.2 Å². The molecule has 0 bridgehead atoms. The number of alkyl halides is 3. The van der Waals surface area contributed by atoms with Crippen LogP contribution >= 0.6 is 0 Å². The molecule has 2 aromatic rings.